The van der Waals surface area contributed by atoms with Gasteiger partial charge in [-0.05, 0) is 87.0 Å². The summed E-state index contributed by atoms with van der Waals surface area (Å²) in [5, 5.41) is 6.40. The molecule has 1 aliphatic heterocycles. The minimum Gasteiger partial charge on any atom is -0.368 e. The van der Waals surface area contributed by atoms with E-state index in [0.717, 1.165) is 29.1 Å². The van der Waals surface area contributed by atoms with E-state index < -0.39 is 6.10 Å². The van der Waals surface area contributed by atoms with Gasteiger partial charge in [0.25, 0.3) is 11.8 Å². The first-order valence-electron chi connectivity index (χ1n) is 10.4. The second-order valence-corrected chi connectivity index (χ2v) is 8.63. The molecule has 1 aliphatic rings. The minimum atomic E-state index is -0.419. The van der Waals surface area contributed by atoms with Crippen molar-refractivity contribution < 1.29 is 14.3 Å². The van der Waals surface area contributed by atoms with Gasteiger partial charge in [-0.1, -0.05) is 6.07 Å². The van der Waals surface area contributed by atoms with E-state index in [1.54, 1.807) is 24.3 Å². The second kappa shape index (κ2) is 9.93. The van der Waals surface area contributed by atoms with Crippen LogP contribution in [0.3, 0.4) is 0 Å². The van der Waals surface area contributed by atoms with Crippen LogP contribution >= 0.6 is 11.8 Å². The summed E-state index contributed by atoms with van der Waals surface area (Å²) in [5.74, 6) is -0.433. The number of hydrogen-bond acceptors (Lipinski definition) is 6. The molecule has 3 aromatic rings. The number of aryl methyl sites for hydroxylation is 2. The van der Waals surface area contributed by atoms with Crippen molar-refractivity contribution in [2.45, 2.75) is 42.8 Å². The SMILES string of the molecule is Cc1cc(C)nc(Sc2ccc(NC(=O)c3cccc(NC(=O)C4CCCO4)c3)cc2)n1. The molecule has 2 aromatic carbocycles. The largest absolute Gasteiger partial charge is 0.368 e. The van der Waals surface area contributed by atoms with Gasteiger partial charge in [0.1, 0.15) is 6.10 Å². The lowest BCUT2D eigenvalue weighted by molar-refractivity contribution is -0.124. The number of nitrogens with one attached hydrogen (secondary N) is 2. The normalized spacial score (nSPS) is 15.4. The van der Waals surface area contributed by atoms with E-state index in [-0.39, 0.29) is 11.8 Å². The van der Waals surface area contributed by atoms with E-state index in [1.165, 1.54) is 11.8 Å². The summed E-state index contributed by atoms with van der Waals surface area (Å²) in [6.45, 7) is 4.50. The molecule has 7 nitrogen and oxygen atoms in total. The molecule has 8 heteroatoms. The molecule has 4 rings (SSSR count). The number of hydrogen-bond donors (Lipinski definition) is 2. The van der Waals surface area contributed by atoms with Crippen molar-refractivity contribution in [1.82, 2.24) is 9.97 Å². The van der Waals surface area contributed by atoms with Crippen LogP contribution in [0.2, 0.25) is 0 Å². The van der Waals surface area contributed by atoms with Crippen LogP contribution in [-0.4, -0.2) is 34.5 Å². The Morgan fingerprint density at radius 1 is 0.969 bits per heavy atom. The highest BCUT2D eigenvalue weighted by Gasteiger charge is 2.23. The highest BCUT2D eigenvalue weighted by molar-refractivity contribution is 7.99. The monoisotopic (exact) mass is 448 g/mol. The van der Waals surface area contributed by atoms with Crippen LogP contribution < -0.4 is 10.6 Å². The molecule has 1 saturated heterocycles. The zero-order chi connectivity index (χ0) is 22.5. The molecule has 0 radical (unpaired) electrons. The van der Waals surface area contributed by atoms with Gasteiger partial charge in [-0.25, -0.2) is 9.97 Å². The van der Waals surface area contributed by atoms with Crippen molar-refractivity contribution >= 4 is 35.0 Å². The van der Waals surface area contributed by atoms with Crippen LogP contribution in [0.25, 0.3) is 0 Å². The number of anilines is 2. The van der Waals surface area contributed by atoms with Gasteiger partial charge in [-0.2, -0.15) is 0 Å². The summed E-state index contributed by atoms with van der Waals surface area (Å²) in [6, 6.07) is 16.3. The molecule has 164 valence electrons. The number of carbonyl (C=O) groups is 2. The van der Waals surface area contributed by atoms with Crippen molar-refractivity contribution in [2.24, 2.45) is 0 Å². The fraction of sp³-hybridized carbons (Fsp3) is 0.250. The number of amides is 2. The molecule has 1 fully saturated rings. The summed E-state index contributed by atoms with van der Waals surface area (Å²) in [5.41, 5.74) is 3.56. The average Bonchev–Trinajstić information content (AvgIpc) is 3.30. The molecule has 0 bridgehead atoms. The first-order chi connectivity index (χ1) is 15.5. The summed E-state index contributed by atoms with van der Waals surface area (Å²) in [4.78, 5) is 34.8. The number of rotatable bonds is 6. The molecule has 32 heavy (non-hydrogen) atoms. The van der Waals surface area contributed by atoms with Crippen LogP contribution in [0.1, 0.15) is 34.6 Å². The number of benzene rings is 2. The van der Waals surface area contributed by atoms with Crippen LogP contribution in [0.5, 0.6) is 0 Å². The number of carbonyl (C=O) groups excluding carboxylic acids is 2. The third-order valence-corrected chi connectivity index (χ3v) is 5.77. The van der Waals surface area contributed by atoms with Crippen LogP contribution in [0.15, 0.2) is 64.6 Å². The molecule has 1 aromatic heterocycles. The van der Waals surface area contributed by atoms with Gasteiger partial charge in [0, 0.05) is 39.8 Å². The van der Waals surface area contributed by atoms with E-state index >= 15 is 0 Å². The van der Waals surface area contributed by atoms with Crippen molar-refractivity contribution in [3.63, 3.8) is 0 Å². The Balaban J connectivity index is 1.37. The van der Waals surface area contributed by atoms with Crippen molar-refractivity contribution in [2.75, 3.05) is 17.2 Å². The molecule has 1 unspecified atom stereocenters. The van der Waals surface area contributed by atoms with E-state index in [0.29, 0.717) is 28.7 Å². The third kappa shape index (κ3) is 5.72. The Hall–Kier alpha value is -3.23. The van der Waals surface area contributed by atoms with E-state index in [4.69, 9.17) is 4.74 Å². The Kier molecular flexibility index (Phi) is 6.82. The quantitative estimate of drug-likeness (QED) is 0.535. The fourth-order valence-corrected chi connectivity index (χ4v) is 4.26. The molecule has 2 N–H and O–H groups in total. The second-order valence-electron chi connectivity index (χ2n) is 7.59. The maximum atomic E-state index is 12.7. The highest BCUT2D eigenvalue weighted by atomic mass is 32.2. The van der Waals surface area contributed by atoms with Gasteiger partial charge in [0.05, 0.1) is 0 Å². The number of nitrogens with zero attached hydrogens (tertiary/aromatic N) is 2. The zero-order valence-electron chi connectivity index (χ0n) is 17.9. The lowest BCUT2D eigenvalue weighted by Crippen LogP contribution is -2.27. The fourth-order valence-electron chi connectivity index (χ4n) is 3.40. The maximum absolute atomic E-state index is 12.7. The van der Waals surface area contributed by atoms with E-state index in [9.17, 15) is 9.59 Å². The van der Waals surface area contributed by atoms with Crippen molar-refractivity contribution in [1.29, 1.82) is 0 Å². The molecule has 2 amide bonds. The molecular weight excluding hydrogens is 424 g/mol. The Morgan fingerprint density at radius 3 is 2.41 bits per heavy atom. The molecule has 0 spiro atoms. The van der Waals surface area contributed by atoms with Gasteiger partial charge in [0.2, 0.25) is 0 Å². The summed E-state index contributed by atoms with van der Waals surface area (Å²) >= 11 is 1.47. The van der Waals surface area contributed by atoms with Crippen LogP contribution in [0.4, 0.5) is 11.4 Å². The smallest absolute Gasteiger partial charge is 0.255 e. The Bertz CT molecular complexity index is 1110. The topological polar surface area (TPSA) is 93.2 Å². The standard InChI is InChI=1S/C24H24N4O3S/c1-15-13-16(2)26-24(25-15)32-20-10-8-18(9-11-20)27-22(29)17-5-3-6-19(14-17)28-23(30)21-7-4-12-31-21/h3,5-6,8-11,13-14,21H,4,7,12H2,1-2H3,(H,27,29)(H,28,30). The van der Waals surface area contributed by atoms with Crippen molar-refractivity contribution in [3.05, 3.63) is 71.5 Å². The molecular formula is C24H24N4O3S. The van der Waals surface area contributed by atoms with Gasteiger partial charge in [-0.15, -0.1) is 0 Å². The third-order valence-electron chi connectivity index (χ3n) is 4.90. The Labute approximate surface area is 191 Å². The summed E-state index contributed by atoms with van der Waals surface area (Å²) in [7, 11) is 0. The maximum Gasteiger partial charge on any atom is 0.255 e. The average molecular weight is 449 g/mol. The number of ether oxygens (including phenoxy) is 1. The van der Waals surface area contributed by atoms with E-state index in [2.05, 4.69) is 20.6 Å². The Morgan fingerprint density at radius 2 is 1.72 bits per heavy atom. The molecule has 0 saturated carbocycles. The van der Waals surface area contributed by atoms with Crippen LogP contribution in [-0.2, 0) is 9.53 Å². The van der Waals surface area contributed by atoms with Gasteiger partial charge < -0.3 is 15.4 Å². The van der Waals surface area contributed by atoms with Gasteiger partial charge in [0.15, 0.2) is 5.16 Å². The summed E-state index contributed by atoms with van der Waals surface area (Å²) < 4.78 is 5.40. The molecule has 1 atom stereocenters. The number of aromatic nitrogens is 2. The van der Waals surface area contributed by atoms with Gasteiger partial charge >= 0.3 is 0 Å². The predicted molar refractivity (Wildman–Crippen MR) is 124 cm³/mol. The van der Waals surface area contributed by atoms with E-state index in [1.807, 2.05) is 44.2 Å². The lowest BCUT2D eigenvalue weighted by Gasteiger charge is -2.11. The first kappa shape index (κ1) is 22.0. The predicted octanol–water partition coefficient (Wildman–Crippen LogP) is 4.61. The molecule has 0 aliphatic carbocycles. The minimum absolute atomic E-state index is 0.180. The first-order valence-corrected chi connectivity index (χ1v) is 11.2. The van der Waals surface area contributed by atoms with Crippen LogP contribution in [0, 0.1) is 13.8 Å². The van der Waals surface area contributed by atoms with Gasteiger partial charge in [-0.3, -0.25) is 9.59 Å². The highest BCUT2D eigenvalue weighted by Crippen LogP contribution is 2.26. The van der Waals surface area contributed by atoms with Crippen molar-refractivity contribution in [3.8, 4) is 0 Å². The summed E-state index contributed by atoms with van der Waals surface area (Å²) in [6.07, 6.45) is 1.18. The lowest BCUT2D eigenvalue weighted by atomic mass is 10.1. The zero-order valence-corrected chi connectivity index (χ0v) is 18.7. The molecule has 2 heterocycles.